The predicted octanol–water partition coefficient (Wildman–Crippen LogP) is 2.53. The minimum absolute atomic E-state index is 0.0320. The van der Waals surface area contributed by atoms with Crippen molar-refractivity contribution in [2.45, 2.75) is 25.5 Å². The van der Waals surface area contributed by atoms with Crippen molar-refractivity contribution < 1.29 is 23.8 Å². The Hall–Kier alpha value is -3.86. The predicted molar refractivity (Wildman–Crippen MR) is 136 cm³/mol. The maximum atomic E-state index is 13.0. The molecule has 5 rings (SSSR count). The molecule has 2 aliphatic rings. The second-order valence-corrected chi connectivity index (χ2v) is 9.35. The monoisotopic (exact) mass is 508 g/mol. The molecule has 0 atom stereocenters. The number of piperazine rings is 1. The van der Waals surface area contributed by atoms with Crippen molar-refractivity contribution in [3.63, 3.8) is 0 Å². The molecule has 1 aromatic heterocycles. The topological polar surface area (TPSA) is 113 Å². The van der Waals surface area contributed by atoms with Gasteiger partial charge in [-0.2, -0.15) is 15.4 Å². The summed E-state index contributed by atoms with van der Waals surface area (Å²) in [4.78, 5) is 31.7. The van der Waals surface area contributed by atoms with Gasteiger partial charge in [-0.25, -0.2) is 4.79 Å². The lowest BCUT2D eigenvalue weighted by Gasteiger charge is -2.42. The molecule has 0 aliphatic carbocycles. The molecular weight excluding hydrogens is 476 g/mol. The van der Waals surface area contributed by atoms with Crippen molar-refractivity contribution in [3.05, 3.63) is 47.5 Å². The van der Waals surface area contributed by atoms with Crippen LogP contribution in [0, 0.1) is 0 Å². The molecule has 1 N–H and O–H groups in total. The molecule has 11 nitrogen and oxygen atoms in total. The number of piperidine rings is 1. The lowest BCUT2D eigenvalue weighted by Crippen LogP contribution is -2.54. The van der Waals surface area contributed by atoms with E-state index in [4.69, 9.17) is 14.2 Å². The number of amides is 2. The molecule has 37 heavy (non-hydrogen) atoms. The van der Waals surface area contributed by atoms with Crippen LogP contribution in [0.25, 0.3) is 11.0 Å². The van der Waals surface area contributed by atoms with Gasteiger partial charge in [-0.05, 0) is 48.7 Å². The number of nitrogens with zero attached hydrogens (tertiary/aromatic N) is 5. The molecule has 3 heterocycles. The number of ether oxygens (including phenoxy) is 3. The third-order valence-corrected chi connectivity index (χ3v) is 7.18. The molecule has 2 aromatic carbocycles. The number of aromatic nitrogens is 3. The highest BCUT2D eigenvalue weighted by atomic mass is 16.6. The van der Waals surface area contributed by atoms with Gasteiger partial charge in [0.25, 0.3) is 5.91 Å². The minimum atomic E-state index is -0.314. The minimum Gasteiger partial charge on any atom is -0.497 e. The Kier molecular flexibility index (Phi) is 7.40. The Labute approximate surface area is 215 Å². The van der Waals surface area contributed by atoms with E-state index in [-0.39, 0.29) is 18.6 Å². The molecular formula is C26H32N6O5. The van der Waals surface area contributed by atoms with E-state index in [0.717, 1.165) is 37.0 Å². The molecule has 11 heteroatoms. The molecule has 0 unspecified atom stereocenters. The fraction of sp³-hybridized carbons (Fsp3) is 0.462. The van der Waals surface area contributed by atoms with Crippen molar-refractivity contribution in [2.75, 3.05) is 53.5 Å². The third-order valence-electron chi connectivity index (χ3n) is 7.18. The maximum Gasteiger partial charge on any atom is 0.410 e. The summed E-state index contributed by atoms with van der Waals surface area (Å²) in [6.07, 6.45) is 1.52. The summed E-state index contributed by atoms with van der Waals surface area (Å²) in [6, 6.07) is 11.3. The van der Waals surface area contributed by atoms with Crippen molar-refractivity contribution in [1.29, 1.82) is 0 Å². The number of H-pyrrole nitrogens is 1. The number of fused-ring (bicyclic) bond motifs is 1. The van der Waals surface area contributed by atoms with E-state index in [2.05, 4.69) is 20.3 Å². The highest BCUT2D eigenvalue weighted by Gasteiger charge is 2.31. The molecule has 2 aliphatic heterocycles. The molecule has 2 amide bonds. The van der Waals surface area contributed by atoms with Gasteiger partial charge in [-0.15, -0.1) is 0 Å². The summed E-state index contributed by atoms with van der Waals surface area (Å²) < 4.78 is 16.1. The molecule has 0 radical (unpaired) electrons. The Morgan fingerprint density at radius 2 is 1.54 bits per heavy atom. The van der Waals surface area contributed by atoms with E-state index in [1.807, 2.05) is 29.2 Å². The van der Waals surface area contributed by atoms with Gasteiger partial charge in [0.05, 0.1) is 14.2 Å². The van der Waals surface area contributed by atoms with Gasteiger partial charge in [-0.1, -0.05) is 0 Å². The number of likely N-dealkylation sites (tertiary alicyclic amines) is 1. The summed E-state index contributed by atoms with van der Waals surface area (Å²) in [5.74, 6) is 1.34. The van der Waals surface area contributed by atoms with Crippen LogP contribution in [0.2, 0.25) is 0 Å². The lowest BCUT2D eigenvalue weighted by molar-refractivity contribution is 0.0394. The first-order valence-electron chi connectivity index (χ1n) is 12.5. The van der Waals surface area contributed by atoms with Crippen molar-refractivity contribution in [1.82, 2.24) is 30.1 Å². The van der Waals surface area contributed by atoms with E-state index < -0.39 is 0 Å². The molecule has 0 spiro atoms. The molecule has 3 aromatic rings. The number of aromatic amines is 1. The molecule has 0 saturated carbocycles. The number of benzene rings is 2. The van der Waals surface area contributed by atoms with Crippen LogP contribution in [-0.4, -0.2) is 102 Å². The van der Waals surface area contributed by atoms with Gasteiger partial charge in [0, 0.05) is 56.9 Å². The summed E-state index contributed by atoms with van der Waals surface area (Å²) in [5.41, 5.74) is 2.89. The summed E-state index contributed by atoms with van der Waals surface area (Å²) >= 11 is 0. The highest BCUT2D eigenvalue weighted by Crippen LogP contribution is 2.24. The first-order valence-corrected chi connectivity index (χ1v) is 12.5. The number of nitrogens with one attached hydrogen (secondary N) is 1. The Bertz CT molecular complexity index is 1220. The quantitative estimate of drug-likeness (QED) is 0.541. The van der Waals surface area contributed by atoms with Crippen molar-refractivity contribution in [3.8, 4) is 11.5 Å². The molecule has 2 fully saturated rings. The normalized spacial score (nSPS) is 17.1. The van der Waals surface area contributed by atoms with Gasteiger partial charge in [0.15, 0.2) is 0 Å². The Balaban J connectivity index is 1.07. The van der Waals surface area contributed by atoms with Crippen LogP contribution in [-0.2, 0) is 11.3 Å². The average molecular weight is 509 g/mol. The molecule has 196 valence electrons. The second kappa shape index (κ2) is 11.0. The maximum absolute atomic E-state index is 13.0. The SMILES string of the molecule is COc1cc(COC(=O)N2CCN(C3CCN(C(=O)c4ccc5n[nH]nc5c4)CC3)CC2)cc(OC)c1. The van der Waals surface area contributed by atoms with Gasteiger partial charge >= 0.3 is 6.09 Å². The van der Waals surface area contributed by atoms with Gasteiger partial charge in [0.1, 0.15) is 29.1 Å². The van der Waals surface area contributed by atoms with Crippen molar-refractivity contribution >= 4 is 23.0 Å². The summed E-state index contributed by atoms with van der Waals surface area (Å²) in [5, 5.41) is 10.7. The van der Waals surface area contributed by atoms with Crippen LogP contribution in [0.15, 0.2) is 36.4 Å². The first kappa shape index (κ1) is 24.8. The third kappa shape index (κ3) is 5.61. The largest absolute Gasteiger partial charge is 0.497 e. The van der Waals surface area contributed by atoms with E-state index in [0.29, 0.717) is 54.8 Å². The fourth-order valence-corrected chi connectivity index (χ4v) is 5.05. The van der Waals surface area contributed by atoms with Crippen LogP contribution in [0.1, 0.15) is 28.8 Å². The van der Waals surface area contributed by atoms with E-state index in [1.54, 1.807) is 31.3 Å². The number of hydrogen-bond donors (Lipinski definition) is 1. The number of carbonyl (C=O) groups is 2. The van der Waals surface area contributed by atoms with Gasteiger partial charge < -0.3 is 24.0 Å². The zero-order valence-corrected chi connectivity index (χ0v) is 21.2. The molecule has 0 bridgehead atoms. The average Bonchev–Trinajstić information content (AvgIpc) is 3.43. The molecule has 2 saturated heterocycles. The van der Waals surface area contributed by atoms with Crippen LogP contribution in [0.5, 0.6) is 11.5 Å². The van der Waals surface area contributed by atoms with Crippen LogP contribution in [0.3, 0.4) is 0 Å². The number of rotatable bonds is 6. The van der Waals surface area contributed by atoms with E-state index >= 15 is 0 Å². The van der Waals surface area contributed by atoms with Gasteiger partial charge in [-0.3, -0.25) is 9.69 Å². The van der Waals surface area contributed by atoms with Gasteiger partial charge in [0.2, 0.25) is 0 Å². The Morgan fingerprint density at radius 1 is 0.865 bits per heavy atom. The van der Waals surface area contributed by atoms with Crippen LogP contribution >= 0.6 is 0 Å². The number of carbonyl (C=O) groups excluding carboxylic acids is 2. The lowest BCUT2D eigenvalue weighted by atomic mass is 10.0. The van der Waals surface area contributed by atoms with Crippen LogP contribution in [0.4, 0.5) is 4.79 Å². The summed E-state index contributed by atoms with van der Waals surface area (Å²) in [7, 11) is 3.18. The fourth-order valence-electron chi connectivity index (χ4n) is 5.05. The highest BCUT2D eigenvalue weighted by molar-refractivity contribution is 5.97. The van der Waals surface area contributed by atoms with Crippen LogP contribution < -0.4 is 9.47 Å². The standard InChI is InChI=1S/C26H32N6O5/c1-35-21-13-18(14-22(16-21)36-2)17-37-26(34)32-11-9-30(10-12-32)20-5-7-31(8-6-20)25(33)19-3-4-23-24(15-19)28-29-27-23/h3-4,13-16,20H,5-12,17H2,1-2H3,(H,27,28,29). The number of methoxy groups -OCH3 is 2. The number of hydrogen-bond acceptors (Lipinski definition) is 8. The van der Waals surface area contributed by atoms with Crippen molar-refractivity contribution in [2.24, 2.45) is 0 Å². The zero-order chi connectivity index (χ0) is 25.8. The first-order chi connectivity index (χ1) is 18.0. The second-order valence-electron chi connectivity index (χ2n) is 9.35. The zero-order valence-electron chi connectivity index (χ0n) is 21.2. The Morgan fingerprint density at radius 3 is 2.22 bits per heavy atom. The van der Waals surface area contributed by atoms with E-state index in [1.165, 1.54) is 0 Å². The summed E-state index contributed by atoms with van der Waals surface area (Å²) in [6.45, 7) is 4.42. The van der Waals surface area contributed by atoms with E-state index in [9.17, 15) is 9.59 Å². The smallest absolute Gasteiger partial charge is 0.410 e.